The maximum Gasteiger partial charge on any atom is 0.232 e. The monoisotopic (exact) mass is 296 g/mol. The van der Waals surface area contributed by atoms with Gasteiger partial charge in [-0.2, -0.15) is 15.0 Å². The molecule has 2 N–H and O–H groups in total. The Morgan fingerprint density at radius 3 is 2.86 bits per heavy atom. The van der Waals surface area contributed by atoms with Crippen LogP contribution in [0, 0.1) is 0 Å². The van der Waals surface area contributed by atoms with Gasteiger partial charge in [0.05, 0.1) is 25.9 Å². The first-order valence-corrected chi connectivity index (χ1v) is 7.28. The van der Waals surface area contributed by atoms with E-state index in [1.54, 1.807) is 0 Å². The number of anilines is 3. The summed E-state index contributed by atoms with van der Waals surface area (Å²) >= 11 is 0. The van der Waals surface area contributed by atoms with Crippen molar-refractivity contribution in [2.75, 3.05) is 62.1 Å². The van der Waals surface area contributed by atoms with E-state index >= 15 is 0 Å². The van der Waals surface area contributed by atoms with Crippen molar-refractivity contribution < 1.29 is 9.84 Å². The molecule has 0 spiro atoms. The Morgan fingerprint density at radius 2 is 2.19 bits per heavy atom. The number of ether oxygens (including phenoxy) is 1. The lowest BCUT2D eigenvalue weighted by molar-refractivity contribution is 0.0718. The number of aliphatic hydroxyl groups excluding tert-OH is 1. The van der Waals surface area contributed by atoms with E-state index in [9.17, 15) is 5.11 Å². The van der Waals surface area contributed by atoms with Crippen molar-refractivity contribution in [3.63, 3.8) is 0 Å². The molecule has 2 heterocycles. The summed E-state index contributed by atoms with van der Waals surface area (Å²) in [6.07, 6.45) is 0.995. The van der Waals surface area contributed by atoms with Crippen molar-refractivity contribution in [3.8, 4) is 0 Å². The SMILES string of the molecule is CCCNc1nc(N(C)C)nc(N2CCOCC2CO)n1. The third-order valence-corrected chi connectivity index (χ3v) is 3.24. The van der Waals surface area contributed by atoms with Gasteiger partial charge in [-0.1, -0.05) is 6.92 Å². The highest BCUT2D eigenvalue weighted by Crippen LogP contribution is 2.19. The van der Waals surface area contributed by atoms with Crippen LogP contribution in [0.4, 0.5) is 17.8 Å². The van der Waals surface area contributed by atoms with E-state index in [0.29, 0.717) is 37.6 Å². The van der Waals surface area contributed by atoms with Crippen molar-refractivity contribution in [2.24, 2.45) is 0 Å². The van der Waals surface area contributed by atoms with Crippen LogP contribution < -0.4 is 15.1 Å². The molecule has 8 heteroatoms. The average molecular weight is 296 g/mol. The lowest BCUT2D eigenvalue weighted by atomic mass is 10.2. The summed E-state index contributed by atoms with van der Waals surface area (Å²) < 4.78 is 5.40. The van der Waals surface area contributed by atoms with Gasteiger partial charge in [-0.15, -0.1) is 0 Å². The van der Waals surface area contributed by atoms with Gasteiger partial charge in [0.15, 0.2) is 0 Å². The molecule has 1 fully saturated rings. The Kier molecular flexibility index (Phi) is 5.51. The Hall–Kier alpha value is -1.67. The van der Waals surface area contributed by atoms with E-state index in [2.05, 4.69) is 27.2 Å². The van der Waals surface area contributed by atoms with Gasteiger partial charge >= 0.3 is 0 Å². The molecule has 0 radical (unpaired) electrons. The molecule has 21 heavy (non-hydrogen) atoms. The molecule has 118 valence electrons. The van der Waals surface area contributed by atoms with Gasteiger partial charge in [0.25, 0.3) is 0 Å². The maximum atomic E-state index is 9.49. The fraction of sp³-hybridized carbons (Fsp3) is 0.769. The lowest BCUT2D eigenvalue weighted by Gasteiger charge is -2.34. The summed E-state index contributed by atoms with van der Waals surface area (Å²) in [5, 5.41) is 12.7. The highest BCUT2D eigenvalue weighted by molar-refractivity contribution is 5.45. The van der Waals surface area contributed by atoms with E-state index in [1.165, 1.54) is 0 Å². The summed E-state index contributed by atoms with van der Waals surface area (Å²) in [4.78, 5) is 17.2. The van der Waals surface area contributed by atoms with Crippen LogP contribution in [0.1, 0.15) is 13.3 Å². The third-order valence-electron chi connectivity index (χ3n) is 3.24. The molecule has 1 saturated heterocycles. The summed E-state index contributed by atoms with van der Waals surface area (Å²) in [5.74, 6) is 1.74. The highest BCUT2D eigenvalue weighted by Gasteiger charge is 2.25. The minimum Gasteiger partial charge on any atom is -0.394 e. The van der Waals surface area contributed by atoms with Crippen molar-refractivity contribution in [1.29, 1.82) is 0 Å². The first-order chi connectivity index (χ1) is 10.2. The molecule has 8 nitrogen and oxygen atoms in total. The number of nitrogens with zero attached hydrogens (tertiary/aromatic N) is 5. The molecule has 1 aliphatic rings. The average Bonchev–Trinajstić information content (AvgIpc) is 2.52. The summed E-state index contributed by atoms with van der Waals surface area (Å²) in [6, 6.07) is -0.116. The van der Waals surface area contributed by atoms with Crippen LogP contribution in [0.3, 0.4) is 0 Å². The molecule has 1 unspecified atom stereocenters. The Bertz CT molecular complexity index is 456. The van der Waals surface area contributed by atoms with E-state index in [4.69, 9.17) is 4.74 Å². The number of aliphatic hydroxyl groups is 1. The van der Waals surface area contributed by atoms with E-state index < -0.39 is 0 Å². The first-order valence-electron chi connectivity index (χ1n) is 7.28. The zero-order valence-electron chi connectivity index (χ0n) is 12.9. The quantitative estimate of drug-likeness (QED) is 0.756. The number of hydrogen-bond donors (Lipinski definition) is 2. The first kappa shape index (κ1) is 15.7. The normalized spacial score (nSPS) is 18.7. The minimum atomic E-state index is -0.116. The minimum absolute atomic E-state index is 0.0146. The van der Waals surface area contributed by atoms with Gasteiger partial charge in [-0.25, -0.2) is 0 Å². The van der Waals surface area contributed by atoms with Crippen LogP contribution in [0.25, 0.3) is 0 Å². The number of hydrogen-bond acceptors (Lipinski definition) is 8. The van der Waals surface area contributed by atoms with Crippen molar-refractivity contribution in [2.45, 2.75) is 19.4 Å². The van der Waals surface area contributed by atoms with Gasteiger partial charge in [0.2, 0.25) is 17.8 Å². The third kappa shape index (κ3) is 3.92. The van der Waals surface area contributed by atoms with Crippen LogP contribution in [0.15, 0.2) is 0 Å². The Labute approximate surface area is 125 Å². The molecule has 1 aromatic rings. The fourth-order valence-electron chi connectivity index (χ4n) is 2.07. The number of rotatable bonds is 6. The van der Waals surface area contributed by atoms with Crippen LogP contribution in [0.5, 0.6) is 0 Å². The fourth-order valence-corrected chi connectivity index (χ4v) is 2.07. The maximum absolute atomic E-state index is 9.49. The molecule has 0 bridgehead atoms. The summed E-state index contributed by atoms with van der Waals surface area (Å²) in [5.41, 5.74) is 0. The van der Waals surface area contributed by atoms with Gasteiger partial charge in [-0.3, -0.25) is 0 Å². The molecule has 2 rings (SSSR count). The van der Waals surface area contributed by atoms with Crippen LogP contribution in [-0.2, 0) is 4.74 Å². The second-order valence-electron chi connectivity index (χ2n) is 5.18. The Morgan fingerprint density at radius 1 is 1.38 bits per heavy atom. The van der Waals surface area contributed by atoms with Crippen LogP contribution in [-0.4, -0.2) is 73.1 Å². The number of morpholine rings is 1. The van der Waals surface area contributed by atoms with Crippen molar-refractivity contribution >= 4 is 17.8 Å². The zero-order valence-corrected chi connectivity index (χ0v) is 12.9. The molecule has 0 aliphatic carbocycles. The summed E-state index contributed by atoms with van der Waals surface area (Å²) in [6.45, 7) is 4.67. The molecular formula is C13H24N6O2. The van der Waals surface area contributed by atoms with Gasteiger partial charge in [0, 0.05) is 27.2 Å². The predicted molar refractivity (Wildman–Crippen MR) is 82.0 cm³/mol. The molecule has 1 aliphatic heterocycles. The van der Waals surface area contributed by atoms with Crippen LogP contribution in [0.2, 0.25) is 0 Å². The van der Waals surface area contributed by atoms with Crippen molar-refractivity contribution in [3.05, 3.63) is 0 Å². The zero-order chi connectivity index (χ0) is 15.2. The smallest absolute Gasteiger partial charge is 0.232 e. The highest BCUT2D eigenvalue weighted by atomic mass is 16.5. The van der Waals surface area contributed by atoms with Gasteiger partial charge in [0.1, 0.15) is 0 Å². The van der Waals surface area contributed by atoms with E-state index in [1.807, 2.05) is 23.9 Å². The van der Waals surface area contributed by atoms with Gasteiger partial charge < -0.3 is 25.0 Å². The standard InChI is InChI=1S/C13H24N6O2/c1-4-5-14-11-15-12(18(2)3)17-13(16-11)19-6-7-21-9-10(19)8-20/h10,20H,4-9H2,1-3H3,(H,14,15,16,17). The molecular weight excluding hydrogens is 272 g/mol. The van der Waals surface area contributed by atoms with E-state index in [-0.39, 0.29) is 12.6 Å². The van der Waals surface area contributed by atoms with Crippen molar-refractivity contribution in [1.82, 2.24) is 15.0 Å². The molecule has 0 amide bonds. The van der Waals surface area contributed by atoms with Crippen LogP contribution >= 0.6 is 0 Å². The molecule has 0 aromatic carbocycles. The topological polar surface area (TPSA) is 86.6 Å². The lowest BCUT2D eigenvalue weighted by Crippen LogP contribution is -2.48. The van der Waals surface area contributed by atoms with E-state index in [0.717, 1.165) is 13.0 Å². The number of nitrogens with one attached hydrogen (secondary N) is 1. The predicted octanol–water partition coefficient (Wildman–Crippen LogP) is -0.0430. The Balaban J connectivity index is 2.29. The number of aromatic nitrogens is 3. The van der Waals surface area contributed by atoms with Gasteiger partial charge in [-0.05, 0) is 6.42 Å². The second-order valence-corrected chi connectivity index (χ2v) is 5.18. The summed E-state index contributed by atoms with van der Waals surface area (Å²) in [7, 11) is 3.79. The second kappa shape index (κ2) is 7.37. The molecule has 0 saturated carbocycles. The largest absolute Gasteiger partial charge is 0.394 e. The molecule has 1 atom stereocenters. The molecule has 1 aromatic heterocycles.